The Morgan fingerprint density at radius 2 is 2.00 bits per heavy atom. The molecule has 0 aromatic heterocycles. The average molecular weight is 197 g/mol. The lowest BCUT2D eigenvalue weighted by Gasteiger charge is -2.49. The number of fused-ring (bicyclic) bond motifs is 2. The summed E-state index contributed by atoms with van der Waals surface area (Å²) in [5.41, 5.74) is 6.35. The largest absolute Gasteiger partial charge is 0.379 e. The van der Waals surface area contributed by atoms with E-state index in [0.717, 1.165) is 12.3 Å². The van der Waals surface area contributed by atoms with Gasteiger partial charge in [-0.25, -0.2) is 0 Å². The van der Waals surface area contributed by atoms with Crippen molar-refractivity contribution in [1.82, 2.24) is 0 Å². The number of ether oxygens (including phenoxy) is 1. The van der Waals surface area contributed by atoms with Crippen molar-refractivity contribution < 1.29 is 4.74 Å². The first-order chi connectivity index (χ1) is 6.54. The van der Waals surface area contributed by atoms with Gasteiger partial charge in [0.2, 0.25) is 0 Å². The Labute approximate surface area is 87.2 Å². The molecule has 0 heterocycles. The molecule has 0 aromatic carbocycles. The molecule has 2 aliphatic carbocycles. The first kappa shape index (κ1) is 10.4. The van der Waals surface area contributed by atoms with Gasteiger partial charge < -0.3 is 10.5 Å². The van der Waals surface area contributed by atoms with Crippen LogP contribution in [0.25, 0.3) is 0 Å². The van der Waals surface area contributed by atoms with Gasteiger partial charge in [-0.1, -0.05) is 6.92 Å². The second-order valence-electron chi connectivity index (χ2n) is 5.71. The lowest BCUT2D eigenvalue weighted by molar-refractivity contribution is -0.0805. The summed E-state index contributed by atoms with van der Waals surface area (Å²) in [5.74, 6) is 2.26. The molecular weight excluding hydrogens is 174 g/mol. The Morgan fingerprint density at radius 1 is 1.29 bits per heavy atom. The van der Waals surface area contributed by atoms with Crippen LogP contribution in [0.4, 0.5) is 0 Å². The maximum Gasteiger partial charge on any atom is 0.0656 e. The molecule has 0 spiro atoms. The van der Waals surface area contributed by atoms with Gasteiger partial charge in [-0.15, -0.1) is 0 Å². The molecular formula is C12H23NO. The van der Waals surface area contributed by atoms with Gasteiger partial charge in [0.15, 0.2) is 0 Å². The molecule has 2 N–H and O–H groups in total. The highest BCUT2D eigenvalue weighted by molar-refractivity contribution is 4.97. The number of nitrogens with two attached hydrogens (primary N) is 1. The second-order valence-corrected chi connectivity index (χ2v) is 5.71. The van der Waals surface area contributed by atoms with E-state index in [1.54, 1.807) is 0 Å². The third kappa shape index (κ3) is 1.70. The predicted octanol–water partition coefficient (Wildman–Crippen LogP) is 2.17. The van der Waals surface area contributed by atoms with E-state index in [9.17, 15) is 0 Å². The summed E-state index contributed by atoms with van der Waals surface area (Å²) in [7, 11) is 1.84. The molecule has 0 saturated heterocycles. The molecule has 2 nitrogen and oxygen atoms in total. The molecule has 0 radical (unpaired) electrons. The van der Waals surface area contributed by atoms with E-state index in [1.807, 2.05) is 7.11 Å². The molecule has 82 valence electrons. The topological polar surface area (TPSA) is 35.2 Å². The van der Waals surface area contributed by atoms with Crippen molar-refractivity contribution in [2.45, 2.75) is 51.2 Å². The van der Waals surface area contributed by atoms with E-state index < -0.39 is 0 Å². The quantitative estimate of drug-likeness (QED) is 0.699. The Balaban J connectivity index is 2.11. The fourth-order valence-electron chi connectivity index (χ4n) is 3.63. The Bertz CT molecular complexity index is 216. The van der Waals surface area contributed by atoms with Crippen molar-refractivity contribution in [2.75, 3.05) is 7.11 Å². The van der Waals surface area contributed by atoms with Crippen LogP contribution < -0.4 is 5.73 Å². The zero-order valence-electron chi connectivity index (χ0n) is 9.62. The molecule has 2 heteroatoms. The van der Waals surface area contributed by atoms with Gasteiger partial charge in [-0.2, -0.15) is 0 Å². The minimum absolute atomic E-state index is 0.103. The van der Waals surface area contributed by atoms with E-state index in [4.69, 9.17) is 10.5 Å². The minimum atomic E-state index is 0.103. The summed E-state index contributed by atoms with van der Waals surface area (Å²) in [6.45, 7) is 4.55. The molecule has 2 bridgehead atoms. The van der Waals surface area contributed by atoms with E-state index in [-0.39, 0.29) is 5.60 Å². The van der Waals surface area contributed by atoms with E-state index in [0.29, 0.717) is 17.9 Å². The van der Waals surface area contributed by atoms with Crippen molar-refractivity contribution in [3.8, 4) is 0 Å². The Morgan fingerprint density at radius 3 is 2.64 bits per heavy atom. The van der Waals surface area contributed by atoms with Crippen LogP contribution in [0.3, 0.4) is 0 Å². The lowest BCUT2D eigenvalue weighted by atomic mass is 9.62. The van der Waals surface area contributed by atoms with Crippen molar-refractivity contribution in [1.29, 1.82) is 0 Å². The zero-order valence-corrected chi connectivity index (χ0v) is 9.62. The monoisotopic (exact) mass is 197 g/mol. The number of hydrogen-bond acceptors (Lipinski definition) is 2. The SMILES string of the molecule is COC1(C)CC2CC(C)C(N)C(C2)C1. The lowest BCUT2D eigenvalue weighted by Crippen LogP contribution is -2.51. The minimum Gasteiger partial charge on any atom is -0.379 e. The van der Waals surface area contributed by atoms with Crippen molar-refractivity contribution in [3.05, 3.63) is 0 Å². The summed E-state index contributed by atoms with van der Waals surface area (Å²) < 4.78 is 5.64. The molecule has 0 aromatic rings. The highest BCUT2D eigenvalue weighted by Gasteiger charge is 2.44. The summed E-state index contributed by atoms with van der Waals surface area (Å²) in [6, 6.07) is 0.404. The smallest absolute Gasteiger partial charge is 0.0656 e. The van der Waals surface area contributed by atoms with Crippen LogP contribution in [0, 0.1) is 17.8 Å². The molecule has 0 amide bonds. The van der Waals surface area contributed by atoms with Crippen LogP contribution >= 0.6 is 0 Å². The molecule has 2 rings (SSSR count). The van der Waals surface area contributed by atoms with E-state index in [1.165, 1.54) is 19.3 Å². The van der Waals surface area contributed by atoms with Gasteiger partial charge in [-0.05, 0) is 50.4 Å². The fourth-order valence-corrected chi connectivity index (χ4v) is 3.63. The van der Waals surface area contributed by atoms with Crippen LogP contribution in [0.2, 0.25) is 0 Å². The molecule has 0 aliphatic heterocycles. The van der Waals surface area contributed by atoms with Gasteiger partial charge in [0, 0.05) is 13.2 Å². The second kappa shape index (κ2) is 3.49. The van der Waals surface area contributed by atoms with Gasteiger partial charge in [0.25, 0.3) is 0 Å². The van der Waals surface area contributed by atoms with Crippen LogP contribution in [0.1, 0.15) is 39.5 Å². The predicted molar refractivity (Wildman–Crippen MR) is 58.0 cm³/mol. The van der Waals surface area contributed by atoms with Gasteiger partial charge in [-0.3, -0.25) is 0 Å². The number of rotatable bonds is 1. The first-order valence-electron chi connectivity index (χ1n) is 5.85. The third-order valence-electron chi connectivity index (χ3n) is 4.45. The van der Waals surface area contributed by atoms with Gasteiger partial charge >= 0.3 is 0 Å². The normalized spacial score (nSPS) is 53.1. The fraction of sp³-hybridized carbons (Fsp3) is 1.00. The Hall–Kier alpha value is -0.0800. The maximum absolute atomic E-state index is 6.25. The number of methoxy groups -OCH3 is 1. The molecule has 14 heavy (non-hydrogen) atoms. The summed E-state index contributed by atoms with van der Waals surface area (Å²) >= 11 is 0. The van der Waals surface area contributed by atoms with Gasteiger partial charge in [0.1, 0.15) is 0 Å². The van der Waals surface area contributed by atoms with Gasteiger partial charge in [0.05, 0.1) is 5.60 Å². The van der Waals surface area contributed by atoms with E-state index >= 15 is 0 Å². The Kier molecular flexibility index (Phi) is 2.61. The molecule has 5 atom stereocenters. The zero-order chi connectivity index (χ0) is 10.3. The third-order valence-corrected chi connectivity index (χ3v) is 4.45. The van der Waals surface area contributed by atoms with E-state index in [2.05, 4.69) is 13.8 Å². The highest BCUT2D eigenvalue weighted by Crippen LogP contribution is 2.46. The van der Waals surface area contributed by atoms with Crippen LogP contribution in [-0.4, -0.2) is 18.8 Å². The van der Waals surface area contributed by atoms with Crippen molar-refractivity contribution >= 4 is 0 Å². The molecule has 2 saturated carbocycles. The van der Waals surface area contributed by atoms with Crippen LogP contribution in [-0.2, 0) is 4.74 Å². The summed E-state index contributed by atoms with van der Waals surface area (Å²) in [5, 5.41) is 0. The first-order valence-corrected chi connectivity index (χ1v) is 5.85. The molecule has 2 fully saturated rings. The van der Waals surface area contributed by atoms with Crippen LogP contribution in [0.15, 0.2) is 0 Å². The summed E-state index contributed by atoms with van der Waals surface area (Å²) in [4.78, 5) is 0. The van der Waals surface area contributed by atoms with Crippen LogP contribution in [0.5, 0.6) is 0 Å². The average Bonchev–Trinajstić information content (AvgIpc) is 2.14. The summed E-state index contributed by atoms with van der Waals surface area (Å²) in [6.07, 6.45) is 5.03. The van der Waals surface area contributed by atoms with Crippen molar-refractivity contribution in [2.24, 2.45) is 23.5 Å². The molecule has 5 unspecified atom stereocenters. The standard InChI is InChI=1S/C12H23NO/c1-8-4-9-5-10(11(8)13)7-12(2,6-9)14-3/h8-11H,4-7,13H2,1-3H3. The number of hydrogen-bond donors (Lipinski definition) is 1. The molecule has 2 aliphatic rings. The van der Waals surface area contributed by atoms with Crippen molar-refractivity contribution in [3.63, 3.8) is 0 Å². The highest BCUT2D eigenvalue weighted by atomic mass is 16.5. The maximum atomic E-state index is 6.25.